The molecule has 0 aromatic rings. The number of carboxylic acid groups (broad SMARTS) is 1. The maximum atomic E-state index is 11.4. The third-order valence-corrected chi connectivity index (χ3v) is 3.44. The Labute approximate surface area is 127 Å². The number of hydrogen-bond donors (Lipinski definition) is 6. The number of carbonyl (C=O) groups excluding carboxylic acids is 1. The zero-order valence-corrected chi connectivity index (χ0v) is 12.2. The van der Waals surface area contributed by atoms with Crippen molar-refractivity contribution in [2.45, 2.75) is 37.7 Å². The normalized spacial score (nSPS) is 27.3. The fraction of sp³-hybridized carbons (Fsp3) is 0.692. The fourth-order valence-electron chi connectivity index (χ4n) is 2.41. The number of carboxylic acids is 1. The molecule has 22 heavy (non-hydrogen) atoms. The van der Waals surface area contributed by atoms with Gasteiger partial charge >= 0.3 is 5.97 Å². The highest BCUT2D eigenvalue weighted by Gasteiger charge is 2.43. The van der Waals surface area contributed by atoms with Crippen molar-refractivity contribution in [2.24, 2.45) is 11.7 Å². The van der Waals surface area contributed by atoms with Gasteiger partial charge in [0.2, 0.25) is 11.7 Å². The summed E-state index contributed by atoms with van der Waals surface area (Å²) < 4.78 is 5.21. The molecule has 0 aliphatic carbocycles. The van der Waals surface area contributed by atoms with E-state index in [4.69, 9.17) is 20.7 Å². The van der Waals surface area contributed by atoms with E-state index in [1.807, 2.05) is 0 Å². The summed E-state index contributed by atoms with van der Waals surface area (Å²) in [5.41, 5.74) is 5.50. The number of amides is 1. The van der Waals surface area contributed by atoms with Crippen molar-refractivity contribution in [1.82, 2.24) is 5.32 Å². The van der Waals surface area contributed by atoms with Gasteiger partial charge < -0.3 is 36.2 Å². The number of aliphatic hydroxyl groups is 3. The molecule has 0 saturated carbocycles. The Morgan fingerprint density at radius 1 is 1.45 bits per heavy atom. The molecule has 0 saturated heterocycles. The highest BCUT2D eigenvalue weighted by molar-refractivity contribution is 5.84. The first-order valence-corrected chi connectivity index (χ1v) is 6.87. The third kappa shape index (κ3) is 4.41. The van der Waals surface area contributed by atoms with Crippen molar-refractivity contribution in [1.29, 1.82) is 0 Å². The Kier molecular flexibility index (Phi) is 6.75. The van der Waals surface area contributed by atoms with Gasteiger partial charge in [-0.2, -0.15) is 0 Å². The van der Waals surface area contributed by atoms with Crippen LogP contribution in [-0.4, -0.2) is 69.8 Å². The van der Waals surface area contributed by atoms with E-state index in [9.17, 15) is 19.8 Å². The van der Waals surface area contributed by atoms with E-state index in [0.29, 0.717) is 6.42 Å². The lowest BCUT2D eigenvalue weighted by molar-refractivity contribution is -0.147. The van der Waals surface area contributed by atoms with Crippen LogP contribution in [0.3, 0.4) is 0 Å². The second kappa shape index (κ2) is 8.08. The summed E-state index contributed by atoms with van der Waals surface area (Å²) in [5.74, 6) is -2.62. The summed E-state index contributed by atoms with van der Waals surface area (Å²) in [7, 11) is 0. The molecule has 0 bridgehead atoms. The van der Waals surface area contributed by atoms with Gasteiger partial charge in [-0.25, -0.2) is 4.79 Å². The molecule has 9 heteroatoms. The Morgan fingerprint density at radius 3 is 2.55 bits per heavy atom. The van der Waals surface area contributed by atoms with E-state index in [0.717, 1.165) is 0 Å². The highest BCUT2D eigenvalue weighted by Crippen LogP contribution is 2.28. The van der Waals surface area contributed by atoms with Gasteiger partial charge in [-0.05, 0) is 19.0 Å². The molecule has 1 aliphatic heterocycles. The smallest absolute Gasteiger partial charge is 0.370 e. The second-order valence-corrected chi connectivity index (χ2v) is 5.13. The standard InChI is InChI=1S/C13H22N2O7/c1-6(17)15-10-7(2-3-14)4-9(13(20)21)22-12(10)11(19)8(18)5-16/h4,7-8,10-12,16,18-19H,2-3,5,14H2,1H3,(H,15,17)(H,20,21)/t7-,8+,10+,11+,12+/m0/s1. The van der Waals surface area contributed by atoms with E-state index in [2.05, 4.69) is 5.32 Å². The molecule has 126 valence electrons. The largest absolute Gasteiger partial charge is 0.478 e. The molecule has 0 unspecified atom stereocenters. The molecule has 7 N–H and O–H groups in total. The average Bonchev–Trinajstić information content (AvgIpc) is 2.46. The molecular weight excluding hydrogens is 296 g/mol. The van der Waals surface area contributed by atoms with E-state index in [1.165, 1.54) is 13.0 Å². The molecule has 9 nitrogen and oxygen atoms in total. The summed E-state index contributed by atoms with van der Waals surface area (Å²) >= 11 is 0. The summed E-state index contributed by atoms with van der Waals surface area (Å²) in [5, 5.41) is 40.3. The van der Waals surface area contributed by atoms with Crippen molar-refractivity contribution in [2.75, 3.05) is 13.2 Å². The van der Waals surface area contributed by atoms with Crippen LogP contribution in [-0.2, 0) is 14.3 Å². The number of rotatable bonds is 7. The molecule has 1 amide bonds. The summed E-state index contributed by atoms with van der Waals surface area (Å²) in [4.78, 5) is 22.5. The number of aliphatic hydroxyl groups excluding tert-OH is 3. The number of ether oxygens (including phenoxy) is 1. The van der Waals surface area contributed by atoms with Crippen LogP contribution in [0.4, 0.5) is 0 Å². The predicted molar refractivity (Wildman–Crippen MR) is 74.5 cm³/mol. The van der Waals surface area contributed by atoms with Gasteiger partial charge in [0, 0.05) is 12.8 Å². The van der Waals surface area contributed by atoms with Gasteiger partial charge in [0.15, 0.2) is 0 Å². The van der Waals surface area contributed by atoms with Gasteiger partial charge in [-0.1, -0.05) is 0 Å². The Morgan fingerprint density at radius 2 is 2.09 bits per heavy atom. The lowest BCUT2D eigenvalue weighted by atomic mass is 9.85. The number of aliphatic carboxylic acids is 1. The second-order valence-electron chi connectivity index (χ2n) is 5.13. The Hall–Kier alpha value is -1.68. The van der Waals surface area contributed by atoms with Gasteiger partial charge in [-0.3, -0.25) is 4.79 Å². The SMILES string of the molecule is CC(=O)N[C@H]1[C@H]([C@H](O)[C@H](O)CO)OC(C(=O)O)=C[C@@H]1CCN. The van der Waals surface area contributed by atoms with Crippen molar-refractivity contribution in [3.05, 3.63) is 11.8 Å². The van der Waals surface area contributed by atoms with E-state index in [-0.39, 0.29) is 6.54 Å². The van der Waals surface area contributed by atoms with Gasteiger partial charge in [-0.15, -0.1) is 0 Å². The van der Waals surface area contributed by atoms with Crippen LogP contribution in [0, 0.1) is 5.92 Å². The number of nitrogens with one attached hydrogen (secondary N) is 1. The third-order valence-electron chi connectivity index (χ3n) is 3.44. The summed E-state index contributed by atoms with van der Waals surface area (Å²) in [6.45, 7) is 0.763. The van der Waals surface area contributed by atoms with Gasteiger partial charge in [0.1, 0.15) is 18.3 Å². The molecule has 5 atom stereocenters. The molecular formula is C13H22N2O7. The number of nitrogens with two attached hydrogens (primary N) is 1. The molecule has 1 rings (SSSR count). The quantitative estimate of drug-likeness (QED) is 0.301. The van der Waals surface area contributed by atoms with Crippen LogP contribution in [0.5, 0.6) is 0 Å². The monoisotopic (exact) mass is 318 g/mol. The van der Waals surface area contributed by atoms with E-state index >= 15 is 0 Å². The van der Waals surface area contributed by atoms with Crippen LogP contribution in [0.2, 0.25) is 0 Å². The molecule has 0 radical (unpaired) electrons. The lowest BCUT2D eigenvalue weighted by Gasteiger charge is -2.39. The minimum atomic E-state index is -1.58. The maximum Gasteiger partial charge on any atom is 0.370 e. The topological polar surface area (TPSA) is 162 Å². The number of hydrogen-bond acceptors (Lipinski definition) is 7. The highest BCUT2D eigenvalue weighted by atomic mass is 16.5. The fourth-order valence-corrected chi connectivity index (χ4v) is 2.41. The van der Waals surface area contributed by atoms with Crippen molar-refractivity contribution < 1.29 is 34.8 Å². The van der Waals surface area contributed by atoms with Gasteiger partial charge in [0.05, 0.1) is 12.6 Å². The van der Waals surface area contributed by atoms with Crippen LogP contribution < -0.4 is 11.1 Å². The number of carbonyl (C=O) groups is 2. The molecule has 1 aliphatic rings. The van der Waals surface area contributed by atoms with Crippen LogP contribution in [0.1, 0.15) is 13.3 Å². The molecule has 0 aromatic carbocycles. The minimum Gasteiger partial charge on any atom is -0.478 e. The van der Waals surface area contributed by atoms with Crippen LogP contribution in [0.25, 0.3) is 0 Å². The van der Waals surface area contributed by atoms with Crippen molar-refractivity contribution >= 4 is 11.9 Å². The first-order chi connectivity index (χ1) is 10.3. The van der Waals surface area contributed by atoms with E-state index in [1.54, 1.807) is 0 Å². The first kappa shape index (κ1) is 18.4. The zero-order valence-electron chi connectivity index (χ0n) is 12.2. The van der Waals surface area contributed by atoms with Crippen molar-refractivity contribution in [3.63, 3.8) is 0 Å². The van der Waals surface area contributed by atoms with Crippen molar-refractivity contribution in [3.8, 4) is 0 Å². The van der Waals surface area contributed by atoms with Crippen LogP contribution in [0.15, 0.2) is 11.8 Å². The lowest BCUT2D eigenvalue weighted by Crippen LogP contribution is -2.58. The maximum absolute atomic E-state index is 11.4. The molecule has 0 aromatic heterocycles. The van der Waals surface area contributed by atoms with Gasteiger partial charge in [0.25, 0.3) is 0 Å². The molecule has 0 spiro atoms. The average molecular weight is 318 g/mol. The molecule has 1 heterocycles. The minimum absolute atomic E-state index is 0.232. The summed E-state index contributed by atoms with van der Waals surface area (Å²) in [6, 6.07) is -0.777. The molecule has 0 fully saturated rings. The first-order valence-electron chi connectivity index (χ1n) is 6.87. The van der Waals surface area contributed by atoms with E-state index < -0.39 is 54.5 Å². The predicted octanol–water partition coefficient (Wildman–Crippen LogP) is -2.46. The Bertz CT molecular complexity index is 440. The van der Waals surface area contributed by atoms with Crippen LogP contribution >= 0.6 is 0 Å². The Balaban J connectivity index is 3.15. The summed E-state index contributed by atoms with van der Waals surface area (Å²) in [6.07, 6.45) is -2.66. The zero-order chi connectivity index (χ0) is 16.9.